The predicted molar refractivity (Wildman–Crippen MR) is 90.2 cm³/mol. The minimum Gasteiger partial charge on any atom is -0.382 e. The van der Waals surface area contributed by atoms with E-state index >= 15 is 0 Å². The zero-order valence-corrected chi connectivity index (χ0v) is 14.5. The van der Waals surface area contributed by atoms with Crippen LogP contribution >= 0.6 is 0 Å². The lowest BCUT2D eigenvalue weighted by atomic mass is 9.95. The quantitative estimate of drug-likeness (QED) is 0.491. The number of nitrogens with two attached hydrogens (primary N) is 1. The largest absolute Gasteiger partial charge is 0.382 e. The smallest absolute Gasteiger partial charge is 0.318 e. The number of nitrogens with zero attached hydrogens (tertiary/aromatic N) is 1. The van der Waals surface area contributed by atoms with Crippen LogP contribution < -0.4 is 16.4 Å². The van der Waals surface area contributed by atoms with Crippen LogP contribution in [0.25, 0.3) is 0 Å². The van der Waals surface area contributed by atoms with E-state index in [1.807, 2.05) is 6.92 Å². The number of imide groups is 1. The molecule has 1 aliphatic rings. The summed E-state index contributed by atoms with van der Waals surface area (Å²) in [6.45, 7) is 6.50. The number of carbonyl (C=O) groups excluding carboxylic acids is 3. The first kappa shape index (κ1) is 20.4. The van der Waals surface area contributed by atoms with Crippen LogP contribution in [0.5, 0.6) is 0 Å². The molecule has 138 valence electrons. The molecule has 1 fully saturated rings. The van der Waals surface area contributed by atoms with Crippen LogP contribution in [0.4, 0.5) is 4.79 Å². The number of primary amides is 1. The second kappa shape index (κ2) is 11.8. The molecule has 1 rings (SSSR count). The number of piperidine rings is 1. The predicted octanol–water partition coefficient (Wildman–Crippen LogP) is 0.216. The van der Waals surface area contributed by atoms with E-state index < -0.39 is 6.03 Å². The maximum atomic E-state index is 12.1. The number of hydrogen-bond acceptors (Lipinski definition) is 5. The molecule has 8 nitrogen and oxygen atoms in total. The molecule has 0 bridgehead atoms. The maximum Gasteiger partial charge on any atom is 0.318 e. The van der Waals surface area contributed by atoms with Crippen LogP contribution in [0.1, 0.15) is 39.0 Å². The Morgan fingerprint density at radius 3 is 2.54 bits per heavy atom. The van der Waals surface area contributed by atoms with Gasteiger partial charge in [-0.1, -0.05) is 0 Å². The standard InChI is InChI=1S/C16H30N4O4/c1-2-24-12-4-8-18-15(22)13-6-10-20(11-7-13)9-3-5-14(21)19-16(17)23/h13H,2-12H2,1H3,(H,18,22)(H3,17,19,21,23). The van der Waals surface area contributed by atoms with Gasteiger partial charge in [0.25, 0.3) is 0 Å². The van der Waals surface area contributed by atoms with Crippen molar-refractivity contribution in [3.63, 3.8) is 0 Å². The minimum absolute atomic E-state index is 0.0755. The van der Waals surface area contributed by atoms with Crippen molar-refractivity contribution in [2.24, 2.45) is 11.7 Å². The first-order valence-electron chi connectivity index (χ1n) is 8.70. The molecular formula is C16H30N4O4. The second-order valence-electron chi connectivity index (χ2n) is 5.97. The highest BCUT2D eigenvalue weighted by Gasteiger charge is 2.24. The van der Waals surface area contributed by atoms with Gasteiger partial charge in [-0.15, -0.1) is 0 Å². The first-order valence-corrected chi connectivity index (χ1v) is 8.70. The number of amides is 4. The van der Waals surface area contributed by atoms with E-state index in [0.717, 1.165) is 38.9 Å². The first-order chi connectivity index (χ1) is 11.5. The van der Waals surface area contributed by atoms with E-state index in [1.165, 1.54) is 0 Å². The summed E-state index contributed by atoms with van der Waals surface area (Å²) in [4.78, 5) is 36.2. The molecule has 1 heterocycles. The van der Waals surface area contributed by atoms with Gasteiger partial charge in [-0.2, -0.15) is 0 Å². The molecule has 0 aromatic rings. The lowest BCUT2D eigenvalue weighted by Gasteiger charge is -2.31. The summed E-state index contributed by atoms with van der Waals surface area (Å²) in [7, 11) is 0. The Kier molecular flexibility index (Phi) is 10.0. The van der Waals surface area contributed by atoms with Gasteiger partial charge >= 0.3 is 6.03 Å². The minimum atomic E-state index is -0.812. The lowest BCUT2D eigenvalue weighted by molar-refractivity contribution is -0.126. The molecule has 0 atom stereocenters. The molecule has 8 heteroatoms. The van der Waals surface area contributed by atoms with Crippen LogP contribution in [0.15, 0.2) is 0 Å². The van der Waals surface area contributed by atoms with E-state index in [0.29, 0.717) is 26.2 Å². The van der Waals surface area contributed by atoms with Gasteiger partial charge in [0, 0.05) is 32.1 Å². The van der Waals surface area contributed by atoms with Crippen molar-refractivity contribution >= 4 is 17.8 Å². The molecule has 0 unspecified atom stereocenters. The van der Waals surface area contributed by atoms with Crippen molar-refractivity contribution in [3.05, 3.63) is 0 Å². The Morgan fingerprint density at radius 1 is 1.21 bits per heavy atom. The normalized spacial score (nSPS) is 15.9. The summed E-state index contributed by atoms with van der Waals surface area (Å²) in [6, 6.07) is -0.812. The highest BCUT2D eigenvalue weighted by Crippen LogP contribution is 2.17. The summed E-state index contributed by atoms with van der Waals surface area (Å²) in [5, 5.41) is 5.02. The van der Waals surface area contributed by atoms with E-state index in [4.69, 9.17) is 10.5 Å². The molecular weight excluding hydrogens is 312 g/mol. The third-order valence-electron chi connectivity index (χ3n) is 4.07. The van der Waals surface area contributed by atoms with E-state index in [-0.39, 0.29) is 24.2 Å². The van der Waals surface area contributed by atoms with Gasteiger partial charge in [-0.25, -0.2) is 4.79 Å². The molecule has 0 aromatic carbocycles. The Labute approximate surface area is 143 Å². The van der Waals surface area contributed by atoms with Crippen molar-refractivity contribution in [2.45, 2.75) is 39.0 Å². The fraction of sp³-hybridized carbons (Fsp3) is 0.812. The van der Waals surface area contributed by atoms with Crippen LogP contribution in [0.3, 0.4) is 0 Å². The zero-order valence-electron chi connectivity index (χ0n) is 14.5. The van der Waals surface area contributed by atoms with Gasteiger partial charge in [-0.3, -0.25) is 14.9 Å². The number of likely N-dealkylation sites (tertiary alicyclic amines) is 1. The molecule has 0 spiro atoms. The highest BCUT2D eigenvalue weighted by molar-refractivity contribution is 5.93. The molecule has 0 aliphatic carbocycles. The van der Waals surface area contributed by atoms with Gasteiger partial charge < -0.3 is 20.7 Å². The molecule has 0 radical (unpaired) electrons. The monoisotopic (exact) mass is 342 g/mol. The maximum absolute atomic E-state index is 12.1. The topological polar surface area (TPSA) is 114 Å². The Balaban J connectivity index is 2.09. The van der Waals surface area contributed by atoms with Crippen molar-refractivity contribution in [2.75, 3.05) is 39.4 Å². The van der Waals surface area contributed by atoms with Crippen molar-refractivity contribution in [1.82, 2.24) is 15.5 Å². The molecule has 1 saturated heterocycles. The average molecular weight is 342 g/mol. The van der Waals surface area contributed by atoms with Crippen molar-refractivity contribution in [3.8, 4) is 0 Å². The molecule has 24 heavy (non-hydrogen) atoms. The molecule has 4 N–H and O–H groups in total. The highest BCUT2D eigenvalue weighted by atomic mass is 16.5. The summed E-state index contributed by atoms with van der Waals surface area (Å²) < 4.78 is 5.24. The summed E-state index contributed by atoms with van der Waals surface area (Å²) in [6.07, 6.45) is 3.47. The average Bonchev–Trinajstić information content (AvgIpc) is 2.54. The van der Waals surface area contributed by atoms with Crippen LogP contribution in [-0.4, -0.2) is 62.1 Å². The van der Waals surface area contributed by atoms with Crippen molar-refractivity contribution < 1.29 is 19.1 Å². The Morgan fingerprint density at radius 2 is 1.92 bits per heavy atom. The number of nitrogens with one attached hydrogen (secondary N) is 2. The number of hydrogen-bond donors (Lipinski definition) is 3. The second-order valence-corrected chi connectivity index (χ2v) is 5.97. The number of rotatable bonds is 10. The van der Waals surface area contributed by atoms with Gasteiger partial charge in [0.1, 0.15) is 0 Å². The van der Waals surface area contributed by atoms with E-state index in [1.54, 1.807) is 0 Å². The fourth-order valence-corrected chi connectivity index (χ4v) is 2.76. The molecule has 4 amide bonds. The number of carbonyl (C=O) groups is 3. The van der Waals surface area contributed by atoms with Gasteiger partial charge in [0.15, 0.2) is 0 Å². The zero-order chi connectivity index (χ0) is 17.8. The van der Waals surface area contributed by atoms with Crippen LogP contribution in [0, 0.1) is 5.92 Å². The van der Waals surface area contributed by atoms with Crippen molar-refractivity contribution in [1.29, 1.82) is 0 Å². The third kappa shape index (κ3) is 8.83. The van der Waals surface area contributed by atoms with Crippen LogP contribution in [-0.2, 0) is 14.3 Å². The Bertz CT molecular complexity index is 409. The third-order valence-corrected chi connectivity index (χ3v) is 4.07. The number of ether oxygens (including phenoxy) is 1. The summed E-state index contributed by atoms with van der Waals surface area (Å²) >= 11 is 0. The summed E-state index contributed by atoms with van der Waals surface area (Å²) in [5.41, 5.74) is 4.88. The SMILES string of the molecule is CCOCCCNC(=O)C1CCN(CCCC(=O)NC(N)=O)CC1. The molecule has 0 aromatic heterocycles. The van der Waals surface area contributed by atoms with Gasteiger partial charge in [-0.05, 0) is 52.2 Å². The lowest BCUT2D eigenvalue weighted by Crippen LogP contribution is -2.41. The van der Waals surface area contributed by atoms with Gasteiger partial charge in [0.2, 0.25) is 11.8 Å². The Hall–Kier alpha value is -1.67. The molecule has 1 aliphatic heterocycles. The summed E-state index contributed by atoms with van der Waals surface area (Å²) in [5.74, 6) is -0.137. The van der Waals surface area contributed by atoms with E-state index in [2.05, 4.69) is 15.5 Å². The number of urea groups is 1. The fourth-order valence-electron chi connectivity index (χ4n) is 2.76. The van der Waals surface area contributed by atoms with Crippen LogP contribution in [0.2, 0.25) is 0 Å². The van der Waals surface area contributed by atoms with E-state index in [9.17, 15) is 14.4 Å². The molecule has 0 saturated carbocycles. The van der Waals surface area contributed by atoms with Gasteiger partial charge in [0.05, 0.1) is 0 Å².